The van der Waals surface area contributed by atoms with E-state index in [9.17, 15) is 0 Å². The third-order valence-corrected chi connectivity index (χ3v) is 1.77. The van der Waals surface area contributed by atoms with E-state index in [1.54, 1.807) is 22.9 Å². The van der Waals surface area contributed by atoms with Crippen LogP contribution >= 0.6 is 22.9 Å². The fourth-order valence-corrected chi connectivity index (χ4v) is 1.24. The summed E-state index contributed by atoms with van der Waals surface area (Å²) in [5.41, 5.74) is 0. The average molecular weight is 230 g/mol. The molecule has 10 heavy (non-hydrogen) atoms. The Morgan fingerprint density at radius 2 is 2.00 bits per heavy atom. The molecule has 9 radical (unpaired) electrons. The van der Waals surface area contributed by atoms with Gasteiger partial charge in [0.2, 0.25) is 0 Å². The van der Waals surface area contributed by atoms with Crippen molar-refractivity contribution in [2.24, 2.45) is 0 Å². The molecule has 0 aromatic heterocycles. The molecule has 0 bridgehead atoms. The number of nitrogens with one attached hydrogen (secondary N) is 1. The van der Waals surface area contributed by atoms with Crippen molar-refractivity contribution >= 4 is 80.3 Å². The van der Waals surface area contributed by atoms with Crippen LogP contribution in [0.2, 0.25) is 1.41 Å². The van der Waals surface area contributed by atoms with Gasteiger partial charge in [-0.05, 0) is 0 Å². The van der Waals surface area contributed by atoms with E-state index in [1.807, 2.05) is 0 Å². The summed E-state index contributed by atoms with van der Waals surface area (Å²) < 4.78 is 8.28. The second kappa shape index (κ2) is 5.81. The van der Waals surface area contributed by atoms with E-state index in [1.165, 1.54) is 7.06 Å². The van der Waals surface area contributed by atoms with Crippen LogP contribution in [0.5, 0.6) is 0 Å². The first kappa shape index (κ1) is 9.30. The van der Waals surface area contributed by atoms with Crippen LogP contribution in [0.4, 0.5) is 0 Å². The summed E-state index contributed by atoms with van der Waals surface area (Å²) in [5, 5.41) is 0. The summed E-state index contributed by atoms with van der Waals surface area (Å²) in [6.45, 7) is -0.458. The number of rotatable bonds is 4. The molecule has 0 saturated heterocycles. The Morgan fingerprint density at radius 3 is 2.10 bits per heavy atom. The van der Waals surface area contributed by atoms with E-state index in [0.29, 0.717) is 0 Å². The standard InChI is InChI=1S/B8HIN/c1-5-7(4)8(10-9)6(2)3/h10H/i/hT. The Kier molecular flexibility index (Phi) is 5.40. The maximum absolute atomic E-state index is 7.20. The van der Waals surface area contributed by atoms with Gasteiger partial charge in [-0.25, -0.2) is 0 Å². The molecule has 0 unspecified atom stereocenters. The van der Waals surface area contributed by atoms with Crippen LogP contribution in [0.25, 0.3) is 0 Å². The monoisotopic (exact) mass is 232 g/mol. The normalized spacial score (nSPS) is 10.4. The third kappa shape index (κ3) is 3.56. The molecule has 1 nitrogen and oxygen atoms in total. The highest BCUT2D eigenvalue weighted by molar-refractivity contribution is 14.1. The van der Waals surface area contributed by atoms with Gasteiger partial charge in [-0.15, -0.1) is 0 Å². The van der Waals surface area contributed by atoms with Crippen molar-refractivity contribution in [3.8, 4) is 0 Å². The molecule has 0 atom stereocenters. The van der Waals surface area contributed by atoms with Gasteiger partial charge in [-0.1, -0.05) is 0 Å². The van der Waals surface area contributed by atoms with Gasteiger partial charge in [-0.3, -0.25) is 0 Å². The highest BCUT2D eigenvalue weighted by Gasteiger charge is 2.23. The lowest BCUT2D eigenvalue weighted by molar-refractivity contribution is 1.80. The summed E-state index contributed by atoms with van der Waals surface area (Å²) in [7, 11) is 22.7. The van der Waals surface area contributed by atoms with Gasteiger partial charge < -0.3 is 3.43 Å². The molecule has 0 spiro atoms. The molecule has 0 aromatic rings. The minimum absolute atomic E-state index is 0.458. The summed E-state index contributed by atoms with van der Waals surface area (Å²) >= 11 is 1.74. The first-order valence-electron chi connectivity index (χ1n) is 3.21. The average Bonchev–Trinajstić information content (AvgIpc) is 1.85. The van der Waals surface area contributed by atoms with Crippen molar-refractivity contribution in [2.45, 2.75) is 0 Å². The topological polar surface area (TPSA) is 12.0 Å². The Hall–Kier alpha value is 1.21. The first-order chi connectivity index (χ1) is 5.00. The molecular weight excluding hydrogens is 227 g/mol. The molecule has 0 aliphatic heterocycles. The van der Waals surface area contributed by atoms with Gasteiger partial charge in [0.25, 0.3) is 0 Å². The maximum atomic E-state index is 7.20. The lowest BCUT2D eigenvalue weighted by Gasteiger charge is -2.19. The van der Waals surface area contributed by atoms with Crippen molar-refractivity contribution in [3.05, 3.63) is 0 Å². The summed E-state index contributed by atoms with van der Waals surface area (Å²) in [5.74, 6) is 0. The molecule has 1 N–H and O–H groups in total. The van der Waals surface area contributed by atoms with Crippen LogP contribution in [0.3, 0.4) is 0 Å². The van der Waals surface area contributed by atoms with E-state index in [4.69, 9.17) is 32.4 Å². The zero-order valence-corrected chi connectivity index (χ0v) is 7.60. The molecule has 37 valence electrons. The van der Waals surface area contributed by atoms with Crippen molar-refractivity contribution in [1.82, 2.24) is 3.43 Å². The molecule has 0 heterocycles. The van der Waals surface area contributed by atoms with Gasteiger partial charge >= 0.3 is 0 Å². The van der Waals surface area contributed by atoms with E-state index in [0.717, 1.165) is 3.43 Å². The minimum atomic E-state index is -0.667. The zero-order valence-electron chi connectivity index (χ0n) is 6.44. The second-order valence-electron chi connectivity index (χ2n) is 1.94. The van der Waals surface area contributed by atoms with Gasteiger partial charge in [0.15, 0.2) is 0 Å². The highest BCUT2D eigenvalue weighted by atomic mass is 127. The summed E-state index contributed by atoms with van der Waals surface area (Å²) in [6, 6.07) is 0. The van der Waals surface area contributed by atoms with Gasteiger partial charge in [0.1, 0.15) is 8.04 Å². The largest absolute Gasteiger partial charge is 0.319 e. The van der Waals surface area contributed by atoms with Gasteiger partial charge in [0, 0.05) is 73.6 Å². The van der Waals surface area contributed by atoms with Crippen molar-refractivity contribution in [2.75, 3.05) is 0 Å². The van der Waals surface area contributed by atoms with E-state index in [2.05, 4.69) is 0 Å². The minimum Gasteiger partial charge on any atom is -0.319 e. The molecule has 10 heteroatoms. The lowest BCUT2D eigenvalue weighted by atomic mass is 8.73. The van der Waals surface area contributed by atoms with Gasteiger partial charge in [0.05, 0.1) is 0 Å². The SMILES string of the molecule is [3H]N(I)B(B([B])[B])B([B])[B][B]. The number of hydrogen-bond donors (Lipinski definition) is 1. The summed E-state index contributed by atoms with van der Waals surface area (Å²) in [6.07, 6.45) is -1.15. The Balaban J connectivity index is 4.09. The van der Waals surface area contributed by atoms with E-state index >= 15 is 0 Å². The highest BCUT2D eigenvalue weighted by Crippen LogP contribution is 1.85. The van der Waals surface area contributed by atoms with Crippen LogP contribution in [0.15, 0.2) is 0 Å². The van der Waals surface area contributed by atoms with Crippen molar-refractivity contribution in [1.29, 1.82) is 0 Å². The smallest absolute Gasteiger partial charge is 0.129 e. The van der Waals surface area contributed by atoms with E-state index < -0.39 is 19.4 Å². The molecule has 0 aromatic carbocycles. The zero-order chi connectivity index (χ0) is 9.02. The predicted molar refractivity (Wildman–Crippen MR) is 63.2 cm³/mol. The Bertz CT molecular complexity index is 98.3. The lowest BCUT2D eigenvalue weighted by Crippen LogP contribution is -2.60. The predicted octanol–water partition coefficient (Wildman–Crippen LogP) is -2.66. The van der Waals surface area contributed by atoms with Crippen LogP contribution in [0.1, 0.15) is 0 Å². The molecule has 0 fully saturated rings. The molecular formula is HB8IN. The van der Waals surface area contributed by atoms with Crippen molar-refractivity contribution < 1.29 is 1.41 Å². The number of halogens is 1. The fraction of sp³-hybridized carbons (Fsp3) is 0. The molecule has 0 rings (SSSR count). The van der Waals surface area contributed by atoms with Gasteiger partial charge in [-0.2, -0.15) is 0 Å². The third-order valence-electron chi connectivity index (χ3n) is 1.12. The van der Waals surface area contributed by atoms with Crippen LogP contribution < -0.4 is 3.43 Å². The molecule has 0 aliphatic carbocycles. The Labute approximate surface area is 85.0 Å². The van der Waals surface area contributed by atoms with E-state index in [-0.39, 0.29) is 0 Å². The second-order valence-corrected chi connectivity index (χ2v) is 2.49. The first-order valence-corrected chi connectivity index (χ1v) is 3.73. The summed E-state index contributed by atoms with van der Waals surface area (Å²) in [4.78, 5) is 0. The quantitative estimate of drug-likeness (QED) is 0.316. The maximum Gasteiger partial charge on any atom is 0.129 e. The Morgan fingerprint density at radius 1 is 1.50 bits per heavy atom. The molecule has 0 saturated carbocycles. The number of hydrogen-bond acceptors (Lipinski definition) is 1. The van der Waals surface area contributed by atoms with Crippen LogP contribution in [-0.2, 0) is 0 Å². The molecule has 0 aliphatic rings. The molecule has 0 amide bonds. The van der Waals surface area contributed by atoms with Crippen molar-refractivity contribution in [3.63, 3.8) is 0 Å². The fourth-order valence-electron chi connectivity index (χ4n) is 0.501. The van der Waals surface area contributed by atoms with Crippen LogP contribution in [0, 0.1) is 0 Å². The van der Waals surface area contributed by atoms with Crippen LogP contribution in [-0.4, -0.2) is 57.4 Å².